The number of ether oxygens (including phenoxy) is 1. The van der Waals surface area contributed by atoms with Crippen molar-refractivity contribution >= 4 is 17.2 Å². The van der Waals surface area contributed by atoms with Crippen LogP contribution in [0.2, 0.25) is 0 Å². The summed E-state index contributed by atoms with van der Waals surface area (Å²) >= 11 is 1.84. The Bertz CT molecular complexity index is 570. The minimum atomic E-state index is -0.186. The molecular formula is C19H28N2O2S. The summed E-state index contributed by atoms with van der Waals surface area (Å²) in [7, 11) is 0. The van der Waals surface area contributed by atoms with Crippen molar-refractivity contribution < 1.29 is 9.53 Å². The van der Waals surface area contributed by atoms with E-state index in [0.717, 1.165) is 64.8 Å². The summed E-state index contributed by atoms with van der Waals surface area (Å²) < 4.78 is 6.44. The molecule has 0 saturated carbocycles. The molecule has 132 valence electrons. The van der Waals surface area contributed by atoms with Gasteiger partial charge in [0.05, 0.1) is 5.60 Å². The monoisotopic (exact) mass is 348 g/mol. The van der Waals surface area contributed by atoms with Crippen LogP contribution in [0.3, 0.4) is 0 Å². The van der Waals surface area contributed by atoms with Crippen LogP contribution in [0.4, 0.5) is 0 Å². The number of rotatable bonds is 3. The molecule has 0 aliphatic carbocycles. The maximum Gasteiger partial charge on any atom is 0.251 e. The van der Waals surface area contributed by atoms with Gasteiger partial charge in [0.25, 0.3) is 5.91 Å². The van der Waals surface area contributed by atoms with E-state index in [9.17, 15) is 4.79 Å². The third-order valence-corrected chi connectivity index (χ3v) is 7.00. The minimum Gasteiger partial charge on any atom is -0.362 e. The van der Waals surface area contributed by atoms with E-state index in [0.29, 0.717) is 5.92 Å². The maximum atomic E-state index is 12.6. The highest BCUT2D eigenvalue weighted by atomic mass is 32.1. The van der Waals surface area contributed by atoms with Gasteiger partial charge in [0.2, 0.25) is 0 Å². The van der Waals surface area contributed by atoms with Crippen LogP contribution in [0.1, 0.15) is 43.9 Å². The van der Waals surface area contributed by atoms with Gasteiger partial charge in [0.1, 0.15) is 6.10 Å². The molecule has 4 nitrogen and oxygen atoms in total. The van der Waals surface area contributed by atoms with E-state index >= 15 is 0 Å². The smallest absolute Gasteiger partial charge is 0.251 e. The third-order valence-electron chi connectivity index (χ3n) is 6.14. The summed E-state index contributed by atoms with van der Waals surface area (Å²) in [5.41, 5.74) is -0.0635. The highest BCUT2D eigenvalue weighted by Crippen LogP contribution is 2.43. The molecule has 1 amide bonds. The van der Waals surface area contributed by atoms with Gasteiger partial charge >= 0.3 is 0 Å². The fourth-order valence-corrected chi connectivity index (χ4v) is 5.39. The van der Waals surface area contributed by atoms with Crippen molar-refractivity contribution in [3.63, 3.8) is 0 Å². The van der Waals surface area contributed by atoms with Gasteiger partial charge in [-0.05, 0) is 49.5 Å². The molecule has 1 spiro atoms. The molecule has 0 unspecified atom stereocenters. The Hall–Kier alpha value is -0.910. The van der Waals surface area contributed by atoms with Gasteiger partial charge in [0.15, 0.2) is 0 Å². The second kappa shape index (κ2) is 6.77. The number of carbonyl (C=O) groups excluding carboxylic acids is 1. The summed E-state index contributed by atoms with van der Waals surface area (Å²) in [5, 5.41) is 2.15. The van der Waals surface area contributed by atoms with Crippen molar-refractivity contribution in [2.45, 2.75) is 57.3 Å². The first-order chi connectivity index (χ1) is 11.7. The lowest BCUT2D eigenvalue weighted by molar-refractivity contribution is -0.156. The third kappa shape index (κ3) is 3.14. The molecular weight excluding hydrogens is 320 g/mol. The molecule has 1 aromatic heterocycles. The number of likely N-dealkylation sites (tertiary alicyclic amines) is 2. The zero-order valence-electron chi connectivity index (χ0n) is 14.6. The van der Waals surface area contributed by atoms with E-state index < -0.39 is 0 Å². The molecule has 0 aromatic carbocycles. The van der Waals surface area contributed by atoms with Crippen LogP contribution in [0, 0.1) is 5.92 Å². The Morgan fingerprint density at radius 1 is 1.33 bits per heavy atom. The van der Waals surface area contributed by atoms with Crippen LogP contribution in [0.25, 0.3) is 0 Å². The fourth-order valence-electron chi connectivity index (χ4n) is 4.64. The van der Waals surface area contributed by atoms with Gasteiger partial charge in [-0.15, -0.1) is 11.3 Å². The molecule has 3 fully saturated rings. The van der Waals surface area contributed by atoms with E-state index in [1.165, 1.54) is 4.88 Å². The van der Waals surface area contributed by atoms with Crippen molar-refractivity contribution in [3.8, 4) is 0 Å². The van der Waals surface area contributed by atoms with Gasteiger partial charge in [0, 0.05) is 37.6 Å². The average molecular weight is 349 g/mol. The van der Waals surface area contributed by atoms with Gasteiger partial charge in [-0.3, -0.25) is 9.69 Å². The van der Waals surface area contributed by atoms with Gasteiger partial charge < -0.3 is 9.64 Å². The quantitative estimate of drug-likeness (QED) is 0.841. The van der Waals surface area contributed by atoms with E-state index in [-0.39, 0.29) is 17.6 Å². The molecule has 5 heteroatoms. The molecule has 3 aliphatic heterocycles. The van der Waals surface area contributed by atoms with E-state index in [1.54, 1.807) is 0 Å². The molecule has 0 N–H and O–H groups in total. The minimum absolute atomic E-state index is 0.0635. The summed E-state index contributed by atoms with van der Waals surface area (Å²) in [4.78, 5) is 18.6. The number of thiophene rings is 1. The van der Waals surface area contributed by atoms with Crippen LogP contribution in [0.15, 0.2) is 17.5 Å². The molecule has 3 aliphatic rings. The maximum absolute atomic E-state index is 12.6. The van der Waals surface area contributed by atoms with Crippen molar-refractivity contribution in [2.75, 3.05) is 26.2 Å². The van der Waals surface area contributed by atoms with Crippen molar-refractivity contribution in [1.82, 2.24) is 9.80 Å². The van der Waals surface area contributed by atoms with Crippen LogP contribution in [-0.2, 0) is 16.1 Å². The fraction of sp³-hybridized carbons (Fsp3) is 0.737. The molecule has 0 radical (unpaired) electrons. The summed E-state index contributed by atoms with van der Waals surface area (Å²) in [5.74, 6) is 0.736. The zero-order chi connectivity index (χ0) is 16.6. The van der Waals surface area contributed by atoms with Crippen LogP contribution in [-0.4, -0.2) is 53.6 Å². The molecule has 3 saturated heterocycles. The first-order valence-corrected chi connectivity index (χ1v) is 10.3. The summed E-state index contributed by atoms with van der Waals surface area (Å²) in [6, 6.07) is 4.35. The van der Waals surface area contributed by atoms with Gasteiger partial charge in [-0.2, -0.15) is 0 Å². The first kappa shape index (κ1) is 16.6. The van der Waals surface area contributed by atoms with Gasteiger partial charge in [-0.25, -0.2) is 0 Å². The highest BCUT2D eigenvalue weighted by molar-refractivity contribution is 7.09. The van der Waals surface area contributed by atoms with Gasteiger partial charge in [-0.1, -0.05) is 13.0 Å². The van der Waals surface area contributed by atoms with E-state index in [1.807, 2.05) is 16.2 Å². The van der Waals surface area contributed by atoms with E-state index in [4.69, 9.17) is 4.74 Å². The highest BCUT2D eigenvalue weighted by Gasteiger charge is 2.49. The molecule has 24 heavy (non-hydrogen) atoms. The van der Waals surface area contributed by atoms with E-state index in [2.05, 4.69) is 29.3 Å². The molecule has 0 bridgehead atoms. The van der Waals surface area contributed by atoms with Crippen molar-refractivity contribution in [3.05, 3.63) is 22.4 Å². The molecule has 4 rings (SSSR count). The predicted molar refractivity (Wildman–Crippen MR) is 96.0 cm³/mol. The second-order valence-corrected chi connectivity index (χ2v) is 8.74. The first-order valence-electron chi connectivity index (χ1n) is 9.38. The number of hydrogen-bond donors (Lipinski definition) is 0. The van der Waals surface area contributed by atoms with Crippen LogP contribution < -0.4 is 0 Å². The number of amides is 1. The normalized spacial score (nSPS) is 34.3. The predicted octanol–water partition coefficient (Wildman–Crippen LogP) is 3.13. The lowest BCUT2D eigenvalue weighted by Crippen LogP contribution is -2.51. The topological polar surface area (TPSA) is 32.8 Å². The Balaban J connectivity index is 1.35. The molecule has 1 aromatic rings. The largest absolute Gasteiger partial charge is 0.362 e. The van der Waals surface area contributed by atoms with Crippen LogP contribution >= 0.6 is 11.3 Å². The van der Waals surface area contributed by atoms with Crippen molar-refractivity contribution in [1.29, 1.82) is 0 Å². The Kier molecular flexibility index (Phi) is 4.67. The van der Waals surface area contributed by atoms with Crippen molar-refractivity contribution in [2.24, 2.45) is 5.92 Å². The second-order valence-electron chi connectivity index (χ2n) is 7.71. The number of piperidine rings is 1. The lowest BCUT2D eigenvalue weighted by atomic mass is 9.80. The van der Waals surface area contributed by atoms with Crippen LogP contribution in [0.5, 0.6) is 0 Å². The Morgan fingerprint density at radius 2 is 2.17 bits per heavy atom. The number of nitrogens with zero attached hydrogens (tertiary/aromatic N) is 2. The number of carbonyl (C=O) groups is 1. The average Bonchev–Trinajstić information content (AvgIpc) is 3.32. The SMILES string of the molecule is C[C@@H]1CN(Cc2cccs2)CC[C@]12CC[C@H](C(=O)N1CCCC1)O2. The summed E-state index contributed by atoms with van der Waals surface area (Å²) in [6.07, 6.45) is 5.13. The number of hydrogen-bond acceptors (Lipinski definition) is 4. The Morgan fingerprint density at radius 3 is 2.88 bits per heavy atom. The summed E-state index contributed by atoms with van der Waals surface area (Å²) in [6.45, 7) is 7.36. The standard InChI is InChI=1S/C19H28N2O2S/c1-15-13-20(14-16-5-4-12-24-16)11-8-19(15)7-6-17(23-19)18(22)21-9-2-3-10-21/h4-5,12,15,17H,2-3,6-11,13-14H2,1H3/t15-,17-,19-/m1/s1. The zero-order valence-corrected chi connectivity index (χ0v) is 15.4. The molecule has 3 atom stereocenters. The Labute approximate surface area is 148 Å². The molecule has 4 heterocycles. The lowest BCUT2D eigenvalue weighted by Gasteiger charge is -2.44.